The van der Waals surface area contributed by atoms with Gasteiger partial charge in [-0.3, -0.25) is 9.59 Å². The molecule has 2 N–H and O–H groups in total. The van der Waals surface area contributed by atoms with Gasteiger partial charge in [0.2, 0.25) is 11.8 Å². The SMILES string of the molecule is C=C(C)C(=O)NC(C)C(=O)N1CCNCC1. The molecule has 1 rings (SSSR count). The zero-order chi connectivity index (χ0) is 12.1. The van der Waals surface area contributed by atoms with Crippen molar-refractivity contribution in [1.29, 1.82) is 0 Å². The maximum absolute atomic E-state index is 11.9. The predicted molar refractivity (Wildman–Crippen MR) is 61.9 cm³/mol. The Hall–Kier alpha value is -1.36. The molecule has 0 aromatic rings. The van der Waals surface area contributed by atoms with E-state index in [0.717, 1.165) is 13.1 Å². The lowest BCUT2D eigenvalue weighted by Gasteiger charge is -2.30. The molecule has 1 fully saturated rings. The van der Waals surface area contributed by atoms with Crippen LogP contribution in [0.5, 0.6) is 0 Å². The summed E-state index contributed by atoms with van der Waals surface area (Å²) in [6.45, 7) is 9.88. The van der Waals surface area contributed by atoms with Crippen LogP contribution >= 0.6 is 0 Å². The van der Waals surface area contributed by atoms with E-state index in [-0.39, 0.29) is 11.8 Å². The monoisotopic (exact) mass is 225 g/mol. The third-order valence-electron chi connectivity index (χ3n) is 2.53. The first-order valence-electron chi connectivity index (χ1n) is 5.48. The number of piperazine rings is 1. The summed E-state index contributed by atoms with van der Waals surface area (Å²) in [5.41, 5.74) is 0.417. The third-order valence-corrected chi connectivity index (χ3v) is 2.53. The number of hydrogen-bond donors (Lipinski definition) is 2. The van der Waals surface area contributed by atoms with Crippen molar-refractivity contribution >= 4 is 11.8 Å². The van der Waals surface area contributed by atoms with Crippen LogP contribution in [0, 0.1) is 0 Å². The van der Waals surface area contributed by atoms with E-state index in [1.165, 1.54) is 0 Å². The van der Waals surface area contributed by atoms with E-state index >= 15 is 0 Å². The van der Waals surface area contributed by atoms with Gasteiger partial charge in [-0.05, 0) is 13.8 Å². The van der Waals surface area contributed by atoms with Crippen molar-refractivity contribution in [3.8, 4) is 0 Å². The Morgan fingerprint density at radius 1 is 1.38 bits per heavy atom. The van der Waals surface area contributed by atoms with Crippen LogP contribution in [0.1, 0.15) is 13.8 Å². The van der Waals surface area contributed by atoms with Crippen molar-refractivity contribution in [3.63, 3.8) is 0 Å². The van der Waals surface area contributed by atoms with E-state index in [0.29, 0.717) is 18.7 Å². The zero-order valence-electron chi connectivity index (χ0n) is 9.88. The van der Waals surface area contributed by atoms with Gasteiger partial charge in [-0.25, -0.2) is 0 Å². The van der Waals surface area contributed by atoms with Crippen LogP contribution in [0.15, 0.2) is 12.2 Å². The molecular formula is C11H19N3O2. The van der Waals surface area contributed by atoms with Crippen molar-refractivity contribution in [2.75, 3.05) is 26.2 Å². The van der Waals surface area contributed by atoms with E-state index in [1.54, 1.807) is 18.7 Å². The Morgan fingerprint density at radius 2 is 1.94 bits per heavy atom. The lowest BCUT2D eigenvalue weighted by atomic mass is 10.2. The van der Waals surface area contributed by atoms with E-state index in [2.05, 4.69) is 17.2 Å². The standard InChI is InChI=1S/C11H19N3O2/c1-8(2)10(15)13-9(3)11(16)14-6-4-12-5-7-14/h9,12H,1,4-7H2,2-3H3,(H,13,15). The molecule has 90 valence electrons. The average molecular weight is 225 g/mol. The van der Waals surface area contributed by atoms with E-state index in [9.17, 15) is 9.59 Å². The minimum absolute atomic E-state index is 0.0314. The maximum Gasteiger partial charge on any atom is 0.246 e. The van der Waals surface area contributed by atoms with E-state index < -0.39 is 6.04 Å². The predicted octanol–water partition coefficient (Wildman–Crippen LogP) is -0.501. The molecule has 1 heterocycles. The molecule has 0 radical (unpaired) electrons. The highest BCUT2D eigenvalue weighted by Crippen LogP contribution is 1.98. The summed E-state index contributed by atoms with van der Waals surface area (Å²) in [5, 5.41) is 5.80. The van der Waals surface area contributed by atoms with Crippen LogP contribution in [0.25, 0.3) is 0 Å². The van der Waals surface area contributed by atoms with Crippen molar-refractivity contribution in [2.24, 2.45) is 0 Å². The topological polar surface area (TPSA) is 61.4 Å². The van der Waals surface area contributed by atoms with Crippen LogP contribution in [-0.4, -0.2) is 48.9 Å². The Morgan fingerprint density at radius 3 is 2.44 bits per heavy atom. The Bertz CT molecular complexity index is 296. The second kappa shape index (κ2) is 5.65. The van der Waals surface area contributed by atoms with Gasteiger partial charge >= 0.3 is 0 Å². The van der Waals surface area contributed by atoms with E-state index in [1.807, 2.05) is 0 Å². The molecule has 0 saturated carbocycles. The minimum atomic E-state index is -0.484. The first-order valence-corrected chi connectivity index (χ1v) is 5.48. The maximum atomic E-state index is 11.9. The highest BCUT2D eigenvalue weighted by atomic mass is 16.2. The molecule has 0 aromatic carbocycles. The van der Waals surface area contributed by atoms with Crippen molar-refractivity contribution in [3.05, 3.63) is 12.2 Å². The molecular weight excluding hydrogens is 206 g/mol. The molecule has 0 aliphatic carbocycles. The van der Waals surface area contributed by atoms with Crippen LogP contribution in [0.3, 0.4) is 0 Å². The Balaban J connectivity index is 2.46. The van der Waals surface area contributed by atoms with Crippen molar-refractivity contribution < 1.29 is 9.59 Å². The Labute approximate surface area is 95.9 Å². The first-order chi connectivity index (χ1) is 7.52. The minimum Gasteiger partial charge on any atom is -0.341 e. The average Bonchev–Trinajstić information content (AvgIpc) is 2.28. The molecule has 1 saturated heterocycles. The fourth-order valence-electron chi connectivity index (χ4n) is 1.54. The lowest BCUT2D eigenvalue weighted by molar-refractivity contribution is -0.135. The lowest BCUT2D eigenvalue weighted by Crippen LogP contribution is -2.53. The van der Waals surface area contributed by atoms with Gasteiger partial charge in [-0.15, -0.1) is 0 Å². The highest BCUT2D eigenvalue weighted by molar-refractivity contribution is 5.95. The molecule has 0 spiro atoms. The molecule has 1 unspecified atom stereocenters. The fourth-order valence-corrected chi connectivity index (χ4v) is 1.54. The number of nitrogens with zero attached hydrogens (tertiary/aromatic N) is 1. The number of amides is 2. The van der Waals surface area contributed by atoms with Gasteiger partial charge < -0.3 is 15.5 Å². The van der Waals surface area contributed by atoms with Crippen LogP contribution in [-0.2, 0) is 9.59 Å². The number of hydrogen-bond acceptors (Lipinski definition) is 3. The summed E-state index contributed by atoms with van der Waals surface area (Å²) in [4.78, 5) is 25.0. The molecule has 2 amide bonds. The van der Waals surface area contributed by atoms with Gasteiger partial charge in [-0.2, -0.15) is 0 Å². The quantitative estimate of drug-likeness (QED) is 0.637. The largest absolute Gasteiger partial charge is 0.341 e. The fraction of sp³-hybridized carbons (Fsp3) is 0.636. The second-order valence-corrected chi connectivity index (χ2v) is 4.05. The highest BCUT2D eigenvalue weighted by Gasteiger charge is 2.23. The van der Waals surface area contributed by atoms with Gasteiger partial charge in [0.25, 0.3) is 0 Å². The summed E-state index contributed by atoms with van der Waals surface area (Å²) in [7, 11) is 0. The Kier molecular flexibility index (Phi) is 4.49. The number of carbonyl (C=O) groups is 2. The van der Waals surface area contributed by atoms with Crippen LogP contribution in [0.2, 0.25) is 0 Å². The number of nitrogens with one attached hydrogen (secondary N) is 2. The molecule has 1 aliphatic heterocycles. The van der Waals surface area contributed by atoms with Crippen molar-refractivity contribution in [2.45, 2.75) is 19.9 Å². The van der Waals surface area contributed by atoms with Crippen LogP contribution in [0.4, 0.5) is 0 Å². The zero-order valence-corrected chi connectivity index (χ0v) is 9.88. The van der Waals surface area contributed by atoms with Gasteiger partial charge in [0, 0.05) is 31.8 Å². The summed E-state index contributed by atoms with van der Waals surface area (Å²) in [5.74, 6) is -0.299. The molecule has 16 heavy (non-hydrogen) atoms. The molecule has 0 aromatic heterocycles. The molecule has 0 bridgehead atoms. The van der Waals surface area contributed by atoms with Gasteiger partial charge in [0.1, 0.15) is 6.04 Å². The summed E-state index contributed by atoms with van der Waals surface area (Å²) in [6.07, 6.45) is 0. The summed E-state index contributed by atoms with van der Waals surface area (Å²) < 4.78 is 0. The van der Waals surface area contributed by atoms with Crippen molar-refractivity contribution in [1.82, 2.24) is 15.5 Å². The first kappa shape index (κ1) is 12.7. The molecule has 1 atom stereocenters. The van der Waals surface area contributed by atoms with E-state index in [4.69, 9.17) is 0 Å². The third kappa shape index (κ3) is 3.34. The molecule has 5 nitrogen and oxygen atoms in total. The normalized spacial score (nSPS) is 17.8. The smallest absolute Gasteiger partial charge is 0.246 e. The van der Waals surface area contributed by atoms with Gasteiger partial charge in [0.15, 0.2) is 0 Å². The summed E-state index contributed by atoms with van der Waals surface area (Å²) in [6, 6.07) is -0.484. The second-order valence-electron chi connectivity index (χ2n) is 4.05. The van der Waals surface area contributed by atoms with Gasteiger partial charge in [0.05, 0.1) is 0 Å². The van der Waals surface area contributed by atoms with Gasteiger partial charge in [-0.1, -0.05) is 6.58 Å². The number of rotatable bonds is 3. The van der Waals surface area contributed by atoms with Crippen LogP contribution < -0.4 is 10.6 Å². The number of carbonyl (C=O) groups excluding carboxylic acids is 2. The summed E-state index contributed by atoms with van der Waals surface area (Å²) >= 11 is 0. The molecule has 5 heteroatoms. The molecule has 1 aliphatic rings.